The lowest BCUT2D eigenvalue weighted by molar-refractivity contribution is -0.384. The van der Waals surface area contributed by atoms with Crippen LogP contribution in [-0.4, -0.2) is 17.0 Å². The summed E-state index contributed by atoms with van der Waals surface area (Å²) in [5, 5.41) is 14.2. The molecule has 1 heterocycles. The van der Waals surface area contributed by atoms with Gasteiger partial charge in [0.2, 0.25) is 0 Å². The van der Waals surface area contributed by atoms with Crippen molar-refractivity contribution in [2.75, 3.05) is 0 Å². The fraction of sp³-hybridized carbons (Fsp3) is 0. The van der Waals surface area contributed by atoms with Crippen molar-refractivity contribution in [3.8, 4) is 0 Å². The van der Waals surface area contributed by atoms with Crippen molar-refractivity contribution >= 4 is 40.4 Å². The molecule has 1 amide bonds. The second-order valence-electron chi connectivity index (χ2n) is 3.64. The molecular formula is C12H8IN3O4. The van der Waals surface area contributed by atoms with Crippen LogP contribution in [0.2, 0.25) is 0 Å². The van der Waals surface area contributed by atoms with Crippen LogP contribution >= 0.6 is 22.6 Å². The Kier molecular flexibility index (Phi) is 4.45. The standard InChI is InChI=1S/C12H8IN3O4/c13-11-6-5-10(20-11)7-14-15-12(17)8-1-3-9(4-2-8)16(18)19/h1-7H,(H,15,17)/b14-7+. The molecule has 0 saturated heterocycles. The maximum atomic E-state index is 11.7. The van der Waals surface area contributed by atoms with Crippen molar-refractivity contribution in [1.29, 1.82) is 0 Å². The Morgan fingerprint density at radius 1 is 1.30 bits per heavy atom. The number of furan rings is 1. The molecule has 2 aromatic rings. The fourth-order valence-electron chi connectivity index (χ4n) is 1.35. The Morgan fingerprint density at radius 2 is 2.00 bits per heavy atom. The molecule has 0 aliphatic carbocycles. The lowest BCUT2D eigenvalue weighted by Gasteiger charge is -1.98. The minimum Gasteiger partial charge on any atom is -0.449 e. The third kappa shape index (κ3) is 3.63. The van der Waals surface area contributed by atoms with Crippen LogP contribution in [-0.2, 0) is 0 Å². The van der Waals surface area contributed by atoms with Crippen molar-refractivity contribution in [2.24, 2.45) is 5.10 Å². The van der Waals surface area contributed by atoms with Gasteiger partial charge in [0.1, 0.15) is 5.76 Å². The first-order valence-corrected chi connectivity index (χ1v) is 6.47. The summed E-state index contributed by atoms with van der Waals surface area (Å²) >= 11 is 2.01. The molecule has 102 valence electrons. The van der Waals surface area contributed by atoms with Crippen molar-refractivity contribution < 1.29 is 14.1 Å². The minimum atomic E-state index is -0.529. The Labute approximate surface area is 127 Å². The lowest BCUT2D eigenvalue weighted by Crippen LogP contribution is -2.17. The van der Waals surface area contributed by atoms with Gasteiger partial charge in [-0.2, -0.15) is 5.10 Å². The SMILES string of the molecule is O=C(N/N=C/c1ccc(I)o1)c1ccc([N+](=O)[O-])cc1. The average molecular weight is 385 g/mol. The molecule has 2 rings (SSSR count). The molecule has 0 saturated carbocycles. The van der Waals surface area contributed by atoms with E-state index in [0.717, 1.165) is 0 Å². The smallest absolute Gasteiger partial charge is 0.271 e. The van der Waals surface area contributed by atoms with Crippen LogP contribution in [0.15, 0.2) is 45.9 Å². The lowest BCUT2D eigenvalue weighted by atomic mass is 10.2. The van der Waals surface area contributed by atoms with Gasteiger partial charge < -0.3 is 4.42 Å². The summed E-state index contributed by atoms with van der Waals surface area (Å²) in [6, 6.07) is 8.71. The first kappa shape index (κ1) is 14.2. The van der Waals surface area contributed by atoms with E-state index >= 15 is 0 Å². The summed E-state index contributed by atoms with van der Waals surface area (Å²) in [7, 11) is 0. The Morgan fingerprint density at radius 3 is 2.55 bits per heavy atom. The van der Waals surface area contributed by atoms with Crippen LogP contribution in [0, 0.1) is 13.9 Å². The number of carbonyl (C=O) groups excluding carboxylic acids is 1. The number of amides is 1. The molecule has 0 spiro atoms. The maximum absolute atomic E-state index is 11.7. The molecule has 0 unspecified atom stereocenters. The second kappa shape index (κ2) is 6.28. The molecule has 7 nitrogen and oxygen atoms in total. The van der Waals surface area contributed by atoms with Crippen LogP contribution in [0.1, 0.15) is 16.1 Å². The zero-order chi connectivity index (χ0) is 14.5. The highest BCUT2D eigenvalue weighted by Crippen LogP contribution is 2.11. The van der Waals surface area contributed by atoms with Gasteiger partial charge in [-0.1, -0.05) is 0 Å². The van der Waals surface area contributed by atoms with Gasteiger partial charge in [-0.3, -0.25) is 14.9 Å². The van der Waals surface area contributed by atoms with E-state index in [1.807, 2.05) is 22.6 Å². The molecule has 1 N–H and O–H groups in total. The number of nitro groups is 1. The molecule has 8 heteroatoms. The summed E-state index contributed by atoms with van der Waals surface area (Å²) in [6.07, 6.45) is 1.37. The number of non-ortho nitro benzene ring substituents is 1. The minimum absolute atomic E-state index is 0.0739. The van der Waals surface area contributed by atoms with Crippen LogP contribution in [0.25, 0.3) is 0 Å². The van der Waals surface area contributed by atoms with Gasteiger partial charge in [-0.25, -0.2) is 5.43 Å². The summed E-state index contributed by atoms with van der Waals surface area (Å²) in [5.41, 5.74) is 2.51. The summed E-state index contributed by atoms with van der Waals surface area (Å²) < 4.78 is 5.94. The summed E-state index contributed by atoms with van der Waals surface area (Å²) in [6.45, 7) is 0. The molecule has 1 aromatic heterocycles. The third-order valence-electron chi connectivity index (χ3n) is 2.29. The van der Waals surface area contributed by atoms with Gasteiger partial charge in [0, 0.05) is 17.7 Å². The fourth-order valence-corrected chi connectivity index (χ4v) is 1.79. The number of nitrogens with one attached hydrogen (secondary N) is 1. The third-order valence-corrected chi connectivity index (χ3v) is 2.87. The molecule has 20 heavy (non-hydrogen) atoms. The molecule has 0 aliphatic rings. The molecule has 0 atom stereocenters. The molecule has 0 bridgehead atoms. The van der Waals surface area contributed by atoms with Crippen molar-refractivity contribution in [2.45, 2.75) is 0 Å². The van der Waals surface area contributed by atoms with E-state index in [0.29, 0.717) is 9.53 Å². The molecule has 0 radical (unpaired) electrons. The number of hydrogen-bond acceptors (Lipinski definition) is 5. The number of nitro benzene ring substituents is 1. The number of hydrazone groups is 1. The van der Waals surface area contributed by atoms with Crippen molar-refractivity contribution in [3.63, 3.8) is 0 Å². The van der Waals surface area contributed by atoms with Gasteiger partial charge in [0.25, 0.3) is 11.6 Å². The zero-order valence-electron chi connectivity index (χ0n) is 9.95. The van der Waals surface area contributed by atoms with Gasteiger partial charge in [-0.05, 0) is 46.9 Å². The summed E-state index contributed by atoms with van der Waals surface area (Å²) in [4.78, 5) is 21.6. The average Bonchev–Trinajstić information content (AvgIpc) is 2.84. The predicted molar refractivity (Wildman–Crippen MR) is 79.6 cm³/mol. The molecule has 0 aliphatic heterocycles. The van der Waals surface area contributed by atoms with Crippen LogP contribution < -0.4 is 5.43 Å². The number of nitrogens with zero attached hydrogens (tertiary/aromatic N) is 2. The van der Waals surface area contributed by atoms with E-state index in [1.165, 1.54) is 30.5 Å². The molecular weight excluding hydrogens is 377 g/mol. The Bertz CT molecular complexity index is 664. The topological polar surface area (TPSA) is 97.7 Å². The zero-order valence-corrected chi connectivity index (χ0v) is 12.1. The first-order chi connectivity index (χ1) is 9.56. The molecule has 1 aromatic carbocycles. The normalized spacial score (nSPS) is 10.7. The van der Waals surface area contributed by atoms with Gasteiger partial charge in [0.15, 0.2) is 3.77 Å². The number of carbonyl (C=O) groups is 1. The van der Waals surface area contributed by atoms with Crippen molar-refractivity contribution in [1.82, 2.24) is 5.43 Å². The van der Waals surface area contributed by atoms with Crippen molar-refractivity contribution in [3.05, 3.63) is 61.6 Å². The van der Waals surface area contributed by atoms with Gasteiger partial charge in [0.05, 0.1) is 11.1 Å². The number of halogens is 1. The van der Waals surface area contributed by atoms with E-state index in [9.17, 15) is 14.9 Å². The monoisotopic (exact) mass is 385 g/mol. The highest BCUT2D eigenvalue weighted by molar-refractivity contribution is 14.1. The van der Waals surface area contributed by atoms with Crippen LogP contribution in [0.3, 0.4) is 0 Å². The molecule has 0 fully saturated rings. The Balaban J connectivity index is 1.98. The van der Waals surface area contributed by atoms with Gasteiger partial charge >= 0.3 is 0 Å². The highest BCUT2D eigenvalue weighted by Gasteiger charge is 2.08. The van der Waals surface area contributed by atoms with Crippen LogP contribution in [0.4, 0.5) is 5.69 Å². The maximum Gasteiger partial charge on any atom is 0.271 e. The highest BCUT2D eigenvalue weighted by atomic mass is 127. The van der Waals surface area contributed by atoms with E-state index in [2.05, 4.69) is 10.5 Å². The van der Waals surface area contributed by atoms with E-state index in [4.69, 9.17) is 4.42 Å². The van der Waals surface area contributed by atoms with E-state index < -0.39 is 10.8 Å². The Hall–Kier alpha value is -2.23. The summed E-state index contributed by atoms with van der Waals surface area (Å²) in [5.74, 6) is 0.0517. The number of hydrogen-bond donors (Lipinski definition) is 1. The number of rotatable bonds is 4. The van der Waals surface area contributed by atoms with E-state index in [1.54, 1.807) is 12.1 Å². The second-order valence-corrected chi connectivity index (χ2v) is 4.71. The van der Waals surface area contributed by atoms with Gasteiger partial charge in [-0.15, -0.1) is 0 Å². The largest absolute Gasteiger partial charge is 0.449 e. The quantitative estimate of drug-likeness (QED) is 0.379. The van der Waals surface area contributed by atoms with E-state index in [-0.39, 0.29) is 11.3 Å². The number of benzene rings is 1. The first-order valence-electron chi connectivity index (χ1n) is 5.39. The predicted octanol–water partition coefficient (Wildman–Crippen LogP) is 2.56. The van der Waals surface area contributed by atoms with Crippen LogP contribution in [0.5, 0.6) is 0 Å².